The Hall–Kier alpha value is -0.200. The Morgan fingerprint density at radius 1 is 1.26 bits per heavy atom. The van der Waals surface area contributed by atoms with Crippen molar-refractivity contribution in [3.05, 3.63) is 0 Å². The molecule has 0 saturated carbocycles. The van der Waals surface area contributed by atoms with Gasteiger partial charge in [-0.25, -0.2) is 0 Å². The van der Waals surface area contributed by atoms with Gasteiger partial charge in [0, 0.05) is 32.2 Å². The van der Waals surface area contributed by atoms with Gasteiger partial charge < -0.3 is 14.6 Å². The Morgan fingerprint density at radius 2 is 2.00 bits per heavy atom. The lowest BCUT2D eigenvalue weighted by atomic mass is 10.2. The van der Waals surface area contributed by atoms with Crippen LogP contribution in [0.3, 0.4) is 0 Å². The third-order valence-corrected chi connectivity index (χ3v) is 3.90. The predicted molar refractivity (Wildman–Crippen MR) is 74.3 cm³/mol. The lowest BCUT2D eigenvalue weighted by molar-refractivity contribution is -0.00851. The second kappa shape index (κ2) is 7.55. The van der Waals surface area contributed by atoms with Crippen LogP contribution in [0.5, 0.6) is 0 Å². The maximum Gasteiger partial charge on any atom is 0.0900 e. The Bertz CT molecular complexity index is 257. The Labute approximate surface area is 116 Å². The van der Waals surface area contributed by atoms with Crippen molar-refractivity contribution in [1.82, 2.24) is 9.80 Å². The fourth-order valence-electron chi connectivity index (χ4n) is 2.87. The van der Waals surface area contributed by atoms with Gasteiger partial charge in [0.05, 0.1) is 32.0 Å². The van der Waals surface area contributed by atoms with Crippen LogP contribution >= 0.6 is 0 Å². The lowest BCUT2D eigenvalue weighted by Crippen LogP contribution is -2.45. The van der Waals surface area contributed by atoms with E-state index in [9.17, 15) is 5.11 Å². The van der Waals surface area contributed by atoms with Gasteiger partial charge in [-0.2, -0.15) is 0 Å². The first-order valence-corrected chi connectivity index (χ1v) is 7.49. The number of rotatable bonds is 6. The second-order valence-corrected chi connectivity index (χ2v) is 5.89. The molecule has 0 aromatic carbocycles. The third-order valence-electron chi connectivity index (χ3n) is 3.90. The van der Waals surface area contributed by atoms with E-state index in [1.54, 1.807) is 0 Å². The molecule has 1 N–H and O–H groups in total. The van der Waals surface area contributed by atoms with E-state index in [0.29, 0.717) is 12.6 Å². The Morgan fingerprint density at radius 3 is 2.68 bits per heavy atom. The van der Waals surface area contributed by atoms with Crippen LogP contribution in [-0.2, 0) is 9.47 Å². The highest BCUT2D eigenvalue weighted by molar-refractivity contribution is 4.85. The van der Waals surface area contributed by atoms with Crippen LogP contribution in [0.25, 0.3) is 0 Å². The third kappa shape index (κ3) is 5.00. The number of likely N-dealkylation sites (tertiary alicyclic amines) is 1. The molecule has 2 aliphatic heterocycles. The monoisotopic (exact) mass is 272 g/mol. The molecular formula is C14H28N2O3. The van der Waals surface area contributed by atoms with Gasteiger partial charge in [-0.1, -0.05) is 0 Å². The summed E-state index contributed by atoms with van der Waals surface area (Å²) in [7, 11) is 0. The summed E-state index contributed by atoms with van der Waals surface area (Å²) in [5, 5.41) is 9.95. The van der Waals surface area contributed by atoms with Crippen molar-refractivity contribution in [3.63, 3.8) is 0 Å². The van der Waals surface area contributed by atoms with Crippen LogP contribution in [0.2, 0.25) is 0 Å². The van der Waals surface area contributed by atoms with Gasteiger partial charge >= 0.3 is 0 Å². The molecule has 2 rings (SSSR count). The number of β-amino-alcohol motifs (C(OH)–C–C–N with tert-alkyl or cyclic N) is 1. The van der Waals surface area contributed by atoms with Crippen molar-refractivity contribution >= 4 is 0 Å². The largest absolute Gasteiger partial charge is 0.389 e. The number of nitrogens with zero attached hydrogens (tertiary/aromatic N) is 2. The maximum absolute atomic E-state index is 9.95. The van der Waals surface area contributed by atoms with Gasteiger partial charge in [-0.3, -0.25) is 9.80 Å². The van der Waals surface area contributed by atoms with Crippen LogP contribution in [0.15, 0.2) is 0 Å². The topological polar surface area (TPSA) is 45.2 Å². The van der Waals surface area contributed by atoms with E-state index in [1.165, 1.54) is 6.42 Å². The van der Waals surface area contributed by atoms with Crippen molar-refractivity contribution in [2.24, 2.45) is 0 Å². The molecule has 0 aromatic heterocycles. The van der Waals surface area contributed by atoms with Crippen LogP contribution < -0.4 is 0 Å². The number of ether oxygens (including phenoxy) is 2. The molecule has 5 heteroatoms. The summed E-state index contributed by atoms with van der Waals surface area (Å²) >= 11 is 0. The normalized spacial score (nSPS) is 28.1. The van der Waals surface area contributed by atoms with Crippen molar-refractivity contribution in [1.29, 1.82) is 0 Å². The standard InChI is InChI=1S/C14H28N2O3/c1-12(2)19-11-14(17)10-15-4-3-13(9-15)16-5-7-18-8-6-16/h12-14,17H,3-11H2,1-2H3. The minimum absolute atomic E-state index is 0.189. The zero-order valence-electron chi connectivity index (χ0n) is 12.3. The van der Waals surface area contributed by atoms with E-state index in [1.807, 2.05) is 13.8 Å². The molecule has 2 fully saturated rings. The highest BCUT2D eigenvalue weighted by Gasteiger charge is 2.29. The fourth-order valence-corrected chi connectivity index (χ4v) is 2.87. The summed E-state index contributed by atoms with van der Waals surface area (Å²) in [6.07, 6.45) is 1.03. The predicted octanol–water partition coefficient (Wildman–Crippen LogP) is 0.179. The average molecular weight is 272 g/mol. The molecule has 0 bridgehead atoms. The summed E-state index contributed by atoms with van der Waals surface area (Å²) in [6, 6.07) is 0.641. The molecule has 2 unspecified atom stereocenters. The van der Waals surface area contributed by atoms with E-state index in [4.69, 9.17) is 9.47 Å². The Balaban J connectivity index is 1.66. The van der Waals surface area contributed by atoms with E-state index < -0.39 is 0 Å². The van der Waals surface area contributed by atoms with Gasteiger partial charge in [0.1, 0.15) is 0 Å². The number of hydrogen-bond acceptors (Lipinski definition) is 5. The molecule has 5 nitrogen and oxygen atoms in total. The molecule has 0 radical (unpaired) electrons. The molecule has 2 atom stereocenters. The number of morpholine rings is 1. The molecule has 0 spiro atoms. The molecule has 0 aliphatic carbocycles. The van der Waals surface area contributed by atoms with Crippen LogP contribution in [0.4, 0.5) is 0 Å². The summed E-state index contributed by atoms with van der Waals surface area (Å²) in [4.78, 5) is 4.88. The molecule has 2 heterocycles. The zero-order valence-corrected chi connectivity index (χ0v) is 12.3. The summed E-state index contributed by atoms with van der Waals surface area (Å²) in [5.74, 6) is 0. The molecule has 112 valence electrons. The van der Waals surface area contributed by atoms with Gasteiger partial charge in [0.25, 0.3) is 0 Å². The fraction of sp³-hybridized carbons (Fsp3) is 1.00. The zero-order chi connectivity index (χ0) is 13.7. The van der Waals surface area contributed by atoms with Crippen molar-refractivity contribution in [2.45, 2.75) is 38.5 Å². The molecule has 2 aliphatic rings. The molecular weight excluding hydrogens is 244 g/mol. The minimum Gasteiger partial charge on any atom is -0.389 e. The molecule has 0 aromatic rings. The molecule has 2 saturated heterocycles. The highest BCUT2D eigenvalue weighted by Crippen LogP contribution is 2.17. The summed E-state index contributed by atoms with van der Waals surface area (Å²) in [6.45, 7) is 11.1. The second-order valence-electron chi connectivity index (χ2n) is 5.89. The van der Waals surface area contributed by atoms with Gasteiger partial charge in [0.15, 0.2) is 0 Å². The quantitative estimate of drug-likeness (QED) is 0.747. The molecule has 19 heavy (non-hydrogen) atoms. The van der Waals surface area contributed by atoms with Crippen molar-refractivity contribution in [2.75, 3.05) is 52.5 Å². The highest BCUT2D eigenvalue weighted by atomic mass is 16.5. The first-order valence-electron chi connectivity index (χ1n) is 7.49. The first kappa shape index (κ1) is 15.2. The van der Waals surface area contributed by atoms with E-state index >= 15 is 0 Å². The van der Waals surface area contributed by atoms with Gasteiger partial charge in [-0.15, -0.1) is 0 Å². The number of aliphatic hydroxyl groups excluding tert-OH is 1. The minimum atomic E-state index is -0.370. The number of aliphatic hydroxyl groups is 1. The summed E-state index contributed by atoms with van der Waals surface area (Å²) < 4.78 is 10.8. The van der Waals surface area contributed by atoms with Crippen LogP contribution in [0, 0.1) is 0 Å². The lowest BCUT2D eigenvalue weighted by Gasteiger charge is -2.32. The number of hydrogen-bond donors (Lipinski definition) is 1. The van der Waals surface area contributed by atoms with Crippen molar-refractivity contribution in [3.8, 4) is 0 Å². The van der Waals surface area contributed by atoms with E-state index in [0.717, 1.165) is 45.9 Å². The summed E-state index contributed by atoms with van der Waals surface area (Å²) in [5.41, 5.74) is 0. The van der Waals surface area contributed by atoms with Crippen LogP contribution in [0.1, 0.15) is 20.3 Å². The van der Waals surface area contributed by atoms with Gasteiger partial charge in [0.2, 0.25) is 0 Å². The van der Waals surface area contributed by atoms with Crippen molar-refractivity contribution < 1.29 is 14.6 Å². The van der Waals surface area contributed by atoms with E-state index in [2.05, 4.69) is 9.80 Å². The van der Waals surface area contributed by atoms with E-state index in [-0.39, 0.29) is 12.2 Å². The maximum atomic E-state index is 9.95. The average Bonchev–Trinajstić information content (AvgIpc) is 2.86. The Kier molecular flexibility index (Phi) is 6.04. The smallest absolute Gasteiger partial charge is 0.0900 e. The SMILES string of the molecule is CC(C)OCC(O)CN1CCC(N2CCOCC2)C1. The van der Waals surface area contributed by atoms with Crippen LogP contribution in [-0.4, -0.2) is 85.7 Å². The molecule has 0 amide bonds. The first-order chi connectivity index (χ1) is 9.15. The van der Waals surface area contributed by atoms with Gasteiger partial charge in [-0.05, 0) is 26.8 Å².